The van der Waals surface area contributed by atoms with Crippen LogP contribution in [0.3, 0.4) is 0 Å². The summed E-state index contributed by atoms with van der Waals surface area (Å²) in [5.41, 5.74) is 0. The first-order chi connectivity index (χ1) is 7.81. The number of likely N-dealkylation sites (tertiary alicyclic amines) is 1. The van der Waals surface area contributed by atoms with Gasteiger partial charge in [-0.15, -0.1) is 0 Å². The zero-order valence-electron chi connectivity index (χ0n) is 10.7. The number of piperidine rings is 1. The highest BCUT2D eigenvalue weighted by Crippen LogP contribution is 2.23. The van der Waals surface area contributed by atoms with Crippen LogP contribution in [0.15, 0.2) is 0 Å². The first-order valence-electron chi connectivity index (χ1n) is 6.57. The second kappa shape index (κ2) is 7.65. The lowest BCUT2D eigenvalue weighted by molar-refractivity contribution is 0.127. The fourth-order valence-corrected chi connectivity index (χ4v) is 2.59. The van der Waals surface area contributed by atoms with Crippen LogP contribution in [0.2, 0.25) is 0 Å². The normalized spacial score (nSPS) is 20.6. The molecule has 0 spiro atoms. The lowest BCUT2D eigenvalue weighted by Gasteiger charge is -2.36. The molecule has 3 heteroatoms. The topological polar surface area (TPSA) is 39.1 Å². The highest BCUT2D eigenvalue weighted by Gasteiger charge is 2.23. The van der Waals surface area contributed by atoms with Crippen LogP contribution in [0.1, 0.15) is 39.0 Å². The standard InChI is InChI=1S/C13H25N3/c1-3-13(4-8-14)16-10-6-12(7-11-16)5-9-15-2/h12-13,15H,3-7,9-11H2,1-2H3. The maximum Gasteiger partial charge on any atom is 0.0638 e. The molecule has 1 aliphatic rings. The zero-order chi connectivity index (χ0) is 11.8. The Bertz CT molecular complexity index is 214. The van der Waals surface area contributed by atoms with Gasteiger partial charge in [0.25, 0.3) is 0 Å². The van der Waals surface area contributed by atoms with Gasteiger partial charge in [-0.1, -0.05) is 6.92 Å². The first-order valence-corrected chi connectivity index (χ1v) is 6.57. The van der Waals surface area contributed by atoms with Crippen molar-refractivity contribution in [2.75, 3.05) is 26.7 Å². The molecule has 0 aliphatic carbocycles. The average Bonchev–Trinajstić information content (AvgIpc) is 2.34. The molecule has 0 aromatic heterocycles. The van der Waals surface area contributed by atoms with Crippen LogP contribution in [0.5, 0.6) is 0 Å². The fraction of sp³-hybridized carbons (Fsp3) is 0.923. The molecule has 1 atom stereocenters. The van der Waals surface area contributed by atoms with E-state index in [-0.39, 0.29) is 0 Å². The van der Waals surface area contributed by atoms with Gasteiger partial charge in [-0.25, -0.2) is 0 Å². The zero-order valence-corrected chi connectivity index (χ0v) is 10.7. The van der Waals surface area contributed by atoms with Crippen LogP contribution in [0.4, 0.5) is 0 Å². The lowest BCUT2D eigenvalue weighted by Crippen LogP contribution is -2.41. The van der Waals surface area contributed by atoms with Crippen LogP contribution < -0.4 is 5.32 Å². The van der Waals surface area contributed by atoms with Gasteiger partial charge in [-0.2, -0.15) is 5.26 Å². The molecule has 1 rings (SSSR count). The third-order valence-electron chi connectivity index (χ3n) is 3.77. The Morgan fingerprint density at radius 1 is 1.44 bits per heavy atom. The second-order valence-corrected chi connectivity index (χ2v) is 4.80. The smallest absolute Gasteiger partial charge is 0.0638 e. The van der Waals surface area contributed by atoms with Gasteiger partial charge in [0.2, 0.25) is 0 Å². The number of nitrogens with zero attached hydrogens (tertiary/aromatic N) is 2. The van der Waals surface area contributed by atoms with Crippen molar-refractivity contribution in [3.05, 3.63) is 0 Å². The Morgan fingerprint density at radius 3 is 2.62 bits per heavy atom. The summed E-state index contributed by atoms with van der Waals surface area (Å²) in [5, 5.41) is 12.0. The van der Waals surface area contributed by atoms with Crippen LogP contribution in [-0.2, 0) is 0 Å². The molecule has 1 heterocycles. The Hall–Kier alpha value is -0.590. The van der Waals surface area contributed by atoms with Gasteiger partial charge >= 0.3 is 0 Å². The molecule has 1 fully saturated rings. The van der Waals surface area contributed by atoms with Crippen LogP contribution in [0, 0.1) is 17.2 Å². The predicted octanol–water partition coefficient (Wildman–Crippen LogP) is 2.00. The maximum absolute atomic E-state index is 8.78. The van der Waals surface area contributed by atoms with Crippen LogP contribution >= 0.6 is 0 Å². The van der Waals surface area contributed by atoms with Gasteiger partial charge in [0.15, 0.2) is 0 Å². The quantitative estimate of drug-likeness (QED) is 0.748. The summed E-state index contributed by atoms with van der Waals surface area (Å²) in [7, 11) is 2.02. The summed E-state index contributed by atoms with van der Waals surface area (Å²) in [5.74, 6) is 0.892. The molecule has 0 radical (unpaired) electrons. The molecule has 1 saturated heterocycles. The van der Waals surface area contributed by atoms with E-state index in [0.717, 1.165) is 18.9 Å². The van der Waals surface area contributed by atoms with Crippen molar-refractivity contribution in [1.82, 2.24) is 10.2 Å². The van der Waals surface area contributed by atoms with Gasteiger partial charge in [0, 0.05) is 6.04 Å². The first kappa shape index (κ1) is 13.5. The molecule has 16 heavy (non-hydrogen) atoms. The molecular formula is C13H25N3. The number of hydrogen-bond donors (Lipinski definition) is 1. The molecule has 92 valence electrons. The molecule has 0 aromatic carbocycles. The van der Waals surface area contributed by atoms with Crippen molar-refractivity contribution in [2.45, 2.75) is 45.1 Å². The van der Waals surface area contributed by atoms with E-state index >= 15 is 0 Å². The Labute approximate surface area is 99.8 Å². The Kier molecular flexibility index (Phi) is 6.44. The van der Waals surface area contributed by atoms with E-state index in [4.69, 9.17) is 5.26 Å². The fourth-order valence-electron chi connectivity index (χ4n) is 2.59. The average molecular weight is 223 g/mol. The van der Waals surface area contributed by atoms with Crippen molar-refractivity contribution in [2.24, 2.45) is 5.92 Å². The van der Waals surface area contributed by atoms with Crippen molar-refractivity contribution in [3.63, 3.8) is 0 Å². The molecular weight excluding hydrogens is 198 g/mol. The van der Waals surface area contributed by atoms with Crippen molar-refractivity contribution >= 4 is 0 Å². The molecule has 1 N–H and O–H groups in total. The van der Waals surface area contributed by atoms with E-state index in [9.17, 15) is 0 Å². The molecule has 0 amide bonds. The van der Waals surface area contributed by atoms with Crippen molar-refractivity contribution < 1.29 is 0 Å². The molecule has 1 aliphatic heterocycles. The minimum absolute atomic E-state index is 0.496. The monoisotopic (exact) mass is 223 g/mol. The summed E-state index contributed by atoms with van der Waals surface area (Å²) < 4.78 is 0. The molecule has 0 bridgehead atoms. The SMILES string of the molecule is CCC(CC#N)N1CCC(CCNC)CC1. The number of nitriles is 1. The third-order valence-corrected chi connectivity index (χ3v) is 3.77. The lowest BCUT2D eigenvalue weighted by atomic mass is 9.92. The molecule has 0 saturated carbocycles. The number of rotatable bonds is 6. The predicted molar refractivity (Wildman–Crippen MR) is 67.1 cm³/mol. The highest BCUT2D eigenvalue weighted by molar-refractivity contribution is 4.84. The van der Waals surface area contributed by atoms with E-state index in [1.807, 2.05) is 7.05 Å². The van der Waals surface area contributed by atoms with E-state index < -0.39 is 0 Å². The van der Waals surface area contributed by atoms with Gasteiger partial charge in [0.05, 0.1) is 12.5 Å². The maximum atomic E-state index is 8.78. The van der Waals surface area contributed by atoms with Crippen molar-refractivity contribution in [3.8, 4) is 6.07 Å². The third kappa shape index (κ3) is 4.11. The van der Waals surface area contributed by atoms with Crippen LogP contribution in [0.25, 0.3) is 0 Å². The Morgan fingerprint density at radius 2 is 2.12 bits per heavy atom. The summed E-state index contributed by atoms with van der Waals surface area (Å²) in [4.78, 5) is 2.51. The molecule has 3 nitrogen and oxygen atoms in total. The number of nitrogens with one attached hydrogen (secondary N) is 1. The summed E-state index contributed by atoms with van der Waals surface area (Å²) in [6.07, 6.45) is 5.72. The van der Waals surface area contributed by atoms with Gasteiger partial charge in [-0.3, -0.25) is 4.90 Å². The highest BCUT2D eigenvalue weighted by atomic mass is 15.2. The van der Waals surface area contributed by atoms with Gasteiger partial charge < -0.3 is 5.32 Å². The Balaban J connectivity index is 2.27. The molecule has 1 unspecified atom stereocenters. The van der Waals surface area contributed by atoms with Crippen LogP contribution in [-0.4, -0.2) is 37.6 Å². The largest absolute Gasteiger partial charge is 0.320 e. The molecule has 0 aromatic rings. The summed E-state index contributed by atoms with van der Waals surface area (Å²) in [6.45, 7) is 5.71. The van der Waals surface area contributed by atoms with E-state index in [0.29, 0.717) is 12.5 Å². The van der Waals surface area contributed by atoms with Crippen molar-refractivity contribution in [1.29, 1.82) is 5.26 Å². The van der Waals surface area contributed by atoms with Gasteiger partial charge in [-0.05, 0) is 58.3 Å². The second-order valence-electron chi connectivity index (χ2n) is 4.80. The summed E-state index contributed by atoms with van der Waals surface area (Å²) >= 11 is 0. The summed E-state index contributed by atoms with van der Waals surface area (Å²) in [6, 6.07) is 2.81. The minimum Gasteiger partial charge on any atom is -0.320 e. The van der Waals surface area contributed by atoms with E-state index in [1.165, 1.54) is 32.4 Å². The minimum atomic E-state index is 0.496. The van der Waals surface area contributed by atoms with Gasteiger partial charge in [0.1, 0.15) is 0 Å². The van der Waals surface area contributed by atoms with E-state index in [2.05, 4.69) is 23.2 Å². The van der Waals surface area contributed by atoms with E-state index in [1.54, 1.807) is 0 Å². The number of hydrogen-bond acceptors (Lipinski definition) is 3.